The molecular weight excluding hydrogens is 252 g/mol. The molecule has 0 spiro atoms. The summed E-state index contributed by atoms with van der Waals surface area (Å²) in [5.74, 6) is 0. The lowest BCUT2D eigenvalue weighted by Crippen LogP contribution is -2.31. The maximum Gasteiger partial charge on any atom is 0.143 e. The Balaban J connectivity index is 4.53. The molecule has 6 nitrogen and oxygen atoms in total. The molecule has 114 valence electrons. The molecule has 0 amide bonds. The van der Waals surface area contributed by atoms with Crippen LogP contribution in [0.4, 0.5) is 0 Å². The standard InChI is InChI=1S/C14H28N6/c1-12(17-11-19(6)10-14(2,3)4)20(7)9-13(8-15)18-16-5/h9,11-12,16,18H,10H2,1-7H3/b13-9-,17-11-. The second-order valence-electron chi connectivity index (χ2n) is 6.07. The third-order valence-corrected chi connectivity index (χ3v) is 2.51. The maximum absolute atomic E-state index is 8.94. The summed E-state index contributed by atoms with van der Waals surface area (Å²) in [6.07, 6.45) is 3.53. The van der Waals surface area contributed by atoms with Crippen molar-refractivity contribution in [3.63, 3.8) is 0 Å². The summed E-state index contributed by atoms with van der Waals surface area (Å²) in [6.45, 7) is 9.49. The number of hydrazine groups is 1. The fourth-order valence-electron chi connectivity index (χ4n) is 1.64. The lowest BCUT2D eigenvalue weighted by Gasteiger charge is -2.26. The van der Waals surface area contributed by atoms with Crippen molar-refractivity contribution in [2.24, 2.45) is 10.4 Å². The van der Waals surface area contributed by atoms with E-state index in [9.17, 15) is 0 Å². The number of nitrogens with one attached hydrogen (secondary N) is 2. The highest BCUT2D eigenvalue weighted by Crippen LogP contribution is 2.13. The van der Waals surface area contributed by atoms with Gasteiger partial charge in [0.2, 0.25) is 0 Å². The van der Waals surface area contributed by atoms with Crippen molar-refractivity contribution in [2.45, 2.75) is 33.9 Å². The van der Waals surface area contributed by atoms with E-state index >= 15 is 0 Å². The Morgan fingerprint density at radius 2 is 2.00 bits per heavy atom. The normalized spacial score (nSPS) is 14.0. The van der Waals surface area contributed by atoms with Crippen LogP contribution in [-0.2, 0) is 0 Å². The summed E-state index contributed by atoms with van der Waals surface area (Å²) >= 11 is 0. The van der Waals surface area contributed by atoms with Gasteiger partial charge in [0.25, 0.3) is 0 Å². The zero-order valence-electron chi connectivity index (χ0n) is 13.7. The van der Waals surface area contributed by atoms with E-state index in [1.54, 1.807) is 13.2 Å². The van der Waals surface area contributed by atoms with Crippen LogP contribution < -0.4 is 10.9 Å². The van der Waals surface area contributed by atoms with E-state index in [4.69, 9.17) is 5.26 Å². The Morgan fingerprint density at radius 1 is 1.40 bits per heavy atom. The molecule has 0 radical (unpaired) electrons. The molecule has 1 unspecified atom stereocenters. The molecule has 0 rings (SSSR count). The van der Waals surface area contributed by atoms with Crippen LogP contribution in [0, 0.1) is 16.7 Å². The maximum atomic E-state index is 8.94. The third-order valence-electron chi connectivity index (χ3n) is 2.51. The fraction of sp³-hybridized carbons (Fsp3) is 0.714. The molecule has 2 N–H and O–H groups in total. The van der Waals surface area contributed by atoms with Gasteiger partial charge in [-0.05, 0) is 12.3 Å². The Hall–Kier alpha value is -1.74. The molecule has 0 saturated carbocycles. The van der Waals surface area contributed by atoms with Crippen molar-refractivity contribution < 1.29 is 0 Å². The molecule has 0 aromatic heterocycles. The molecule has 0 aromatic carbocycles. The summed E-state index contributed by atoms with van der Waals surface area (Å²) in [4.78, 5) is 8.43. The Kier molecular flexibility index (Phi) is 7.70. The fourth-order valence-corrected chi connectivity index (χ4v) is 1.64. The predicted molar refractivity (Wildman–Crippen MR) is 83.7 cm³/mol. The van der Waals surface area contributed by atoms with E-state index in [0.717, 1.165) is 6.54 Å². The quantitative estimate of drug-likeness (QED) is 0.319. The summed E-state index contributed by atoms with van der Waals surface area (Å²) in [5.41, 5.74) is 6.17. The number of aliphatic imine (C=N–C) groups is 1. The second kappa shape index (κ2) is 8.43. The molecule has 0 bridgehead atoms. The second-order valence-corrected chi connectivity index (χ2v) is 6.07. The van der Waals surface area contributed by atoms with Crippen LogP contribution in [0.2, 0.25) is 0 Å². The Labute approximate surface area is 123 Å². The van der Waals surface area contributed by atoms with Crippen molar-refractivity contribution in [1.82, 2.24) is 20.7 Å². The van der Waals surface area contributed by atoms with Crippen molar-refractivity contribution in [2.75, 3.05) is 27.7 Å². The average Bonchev–Trinajstić information content (AvgIpc) is 2.33. The molecule has 0 aliphatic rings. The number of allylic oxidation sites excluding steroid dienone is 1. The van der Waals surface area contributed by atoms with E-state index < -0.39 is 0 Å². The first kappa shape index (κ1) is 18.3. The minimum absolute atomic E-state index is 0.0422. The molecule has 6 heteroatoms. The smallest absolute Gasteiger partial charge is 0.143 e. The summed E-state index contributed by atoms with van der Waals surface area (Å²) in [6, 6.07) is 2.07. The first-order valence-corrected chi connectivity index (χ1v) is 6.69. The number of rotatable bonds is 7. The number of nitriles is 1. The van der Waals surface area contributed by atoms with Crippen molar-refractivity contribution in [1.29, 1.82) is 5.26 Å². The molecule has 0 heterocycles. The van der Waals surface area contributed by atoms with Crippen molar-refractivity contribution in [3.05, 3.63) is 11.9 Å². The highest BCUT2D eigenvalue weighted by atomic mass is 15.3. The van der Waals surface area contributed by atoms with Gasteiger partial charge in [-0.1, -0.05) is 20.8 Å². The summed E-state index contributed by atoms with van der Waals surface area (Å²) < 4.78 is 0. The molecule has 1 atom stereocenters. The largest absolute Gasteiger partial charge is 0.365 e. The molecule has 0 fully saturated rings. The molecular formula is C14H28N6. The lowest BCUT2D eigenvalue weighted by atomic mass is 9.97. The molecule has 20 heavy (non-hydrogen) atoms. The molecule has 0 aliphatic carbocycles. The van der Waals surface area contributed by atoms with Crippen molar-refractivity contribution >= 4 is 6.34 Å². The van der Waals surface area contributed by atoms with Gasteiger partial charge in [-0.15, -0.1) is 0 Å². The Bertz CT molecular complexity index is 374. The third kappa shape index (κ3) is 8.38. The van der Waals surface area contributed by atoms with Crippen molar-refractivity contribution in [3.8, 4) is 6.07 Å². The molecule has 0 saturated heterocycles. The zero-order chi connectivity index (χ0) is 15.8. The first-order chi connectivity index (χ1) is 9.19. The van der Waals surface area contributed by atoms with E-state index in [1.807, 2.05) is 32.3 Å². The number of nitrogens with zero attached hydrogens (tertiary/aromatic N) is 4. The van der Waals surface area contributed by atoms with Gasteiger partial charge in [0, 0.05) is 33.9 Å². The van der Waals surface area contributed by atoms with Crippen LogP contribution >= 0.6 is 0 Å². The van der Waals surface area contributed by atoms with E-state index in [1.165, 1.54) is 0 Å². The minimum Gasteiger partial charge on any atom is -0.365 e. The van der Waals surface area contributed by atoms with E-state index in [0.29, 0.717) is 5.70 Å². The van der Waals surface area contributed by atoms with Gasteiger partial charge in [-0.3, -0.25) is 4.99 Å². The average molecular weight is 280 g/mol. The predicted octanol–water partition coefficient (Wildman–Crippen LogP) is 1.36. The molecule has 0 aliphatic heterocycles. The highest BCUT2D eigenvalue weighted by Gasteiger charge is 2.12. The highest BCUT2D eigenvalue weighted by molar-refractivity contribution is 5.54. The van der Waals surface area contributed by atoms with Gasteiger partial charge >= 0.3 is 0 Å². The van der Waals surface area contributed by atoms with Crippen LogP contribution in [0.5, 0.6) is 0 Å². The zero-order valence-corrected chi connectivity index (χ0v) is 13.7. The van der Waals surface area contributed by atoms with Gasteiger partial charge in [0.1, 0.15) is 17.9 Å². The van der Waals surface area contributed by atoms with Crippen LogP contribution in [0.15, 0.2) is 16.9 Å². The monoisotopic (exact) mass is 280 g/mol. The topological polar surface area (TPSA) is 66.7 Å². The van der Waals surface area contributed by atoms with E-state index in [2.05, 4.69) is 47.6 Å². The van der Waals surface area contributed by atoms with Crippen LogP contribution in [-0.4, -0.2) is 50.0 Å². The first-order valence-electron chi connectivity index (χ1n) is 6.69. The van der Waals surface area contributed by atoms with Gasteiger partial charge in [-0.2, -0.15) is 5.26 Å². The Morgan fingerprint density at radius 3 is 2.45 bits per heavy atom. The summed E-state index contributed by atoms with van der Waals surface area (Å²) in [7, 11) is 5.62. The van der Waals surface area contributed by atoms with Crippen LogP contribution in [0.25, 0.3) is 0 Å². The number of hydrogen-bond acceptors (Lipinski definition) is 5. The van der Waals surface area contributed by atoms with Gasteiger partial charge in [0.15, 0.2) is 0 Å². The molecule has 0 aromatic rings. The van der Waals surface area contributed by atoms with Gasteiger partial charge < -0.3 is 15.2 Å². The van der Waals surface area contributed by atoms with Crippen LogP contribution in [0.1, 0.15) is 27.7 Å². The van der Waals surface area contributed by atoms with Crippen LogP contribution in [0.3, 0.4) is 0 Å². The lowest BCUT2D eigenvalue weighted by molar-refractivity contribution is 0.305. The summed E-state index contributed by atoms with van der Waals surface area (Å²) in [5, 5.41) is 8.94. The minimum atomic E-state index is -0.0422. The van der Waals surface area contributed by atoms with E-state index in [-0.39, 0.29) is 11.6 Å². The number of hydrogen-bond donors (Lipinski definition) is 2. The van der Waals surface area contributed by atoms with Gasteiger partial charge in [-0.25, -0.2) is 5.43 Å². The SMILES string of the molecule is CNN/C(C#N)=C\N(C)C(C)/N=C\N(C)CC(C)(C)C. The van der Waals surface area contributed by atoms with Gasteiger partial charge in [0.05, 0.1) is 6.34 Å².